The van der Waals surface area contributed by atoms with Gasteiger partial charge in [0.2, 0.25) is 0 Å². The maximum atomic E-state index is 4.67. The molecule has 2 heterocycles. The number of aromatic nitrogens is 1. The Kier molecular flexibility index (Phi) is 1.29. The number of thiophene rings is 1. The zero-order chi connectivity index (χ0) is 6.81. The fourth-order valence-electron chi connectivity index (χ4n) is 0.710. The van der Waals surface area contributed by atoms with Crippen molar-refractivity contribution in [3.05, 3.63) is 29.8 Å². The summed E-state index contributed by atoms with van der Waals surface area (Å²) in [6.45, 7) is 0. The van der Waals surface area contributed by atoms with E-state index < -0.39 is 0 Å². The van der Waals surface area contributed by atoms with Crippen LogP contribution in [0.2, 0.25) is 0 Å². The summed E-state index contributed by atoms with van der Waals surface area (Å²) in [5.41, 5.74) is 0.856. The molecule has 0 fully saturated rings. The molecular formula is C7H4NOS. The van der Waals surface area contributed by atoms with E-state index >= 15 is 0 Å². The fourth-order valence-corrected chi connectivity index (χ4v) is 1.34. The number of hydrogen-bond donors (Lipinski definition) is 0. The van der Waals surface area contributed by atoms with Crippen LogP contribution < -0.4 is 0 Å². The summed E-state index contributed by atoms with van der Waals surface area (Å²) >= 11 is 1.60. The molecule has 2 aromatic rings. The molecule has 49 valence electrons. The largest absolute Gasteiger partial charge is 0.364 e. The number of hydrogen-bond acceptors (Lipinski definition) is 3. The van der Waals surface area contributed by atoms with E-state index in [0.717, 1.165) is 10.6 Å². The van der Waals surface area contributed by atoms with Crippen molar-refractivity contribution < 1.29 is 4.52 Å². The molecular weight excluding hydrogens is 146 g/mol. The maximum Gasteiger partial charge on any atom is 0.124 e. The van der Waals surface area contributed by atoms with Crippen LogP contribution >= 0.6 is 11.3 Å². The molecule has 2 nitrogen and oxygen atoms in total. The van der Waals surface area contributed by atoms with Crippen molar-refractivity contribution in [3.8, 4) is 10.6 Å². The zero-order valence-electron chi connectivity index (χ0n) is 5.07. The molecule has 1 radical (unpaired) electrons. The first kappa shape index (κ1) is 5.68. The van der Waals surface area contributed by atoms with E-state index in [4.69, 9.17) is 0 Å². The van der Waals surface area contributed by atoms with Gasteiger partial charge in [-0.3, -0.25) is 0 Å². The molecule has 0 N–H and O–H groups in total. The second kappa shape index (κ2) is 2.27. The fraction of sp³-hybridized carbons (Fsp3) is 0. The van der Waals surface area contributed by atoms with E-state index in [-0.39, 0.29) is 0 Å². The smallest absolute Gasteiger partial charge is 0.124 e. The third-order valence-electron chi connectivity index (χ3n) is 1.14. The minimum absolute atomic E-state index is 0.856. The third-order valence-corrected chi connectivity index (χ3v) is 1.97. The summed E-state index contributed by atoms with van der Waals surface area (Å²) in [6.07, 6.45) is 1.56. The van der Waals surface area contributed by atoms with Crippen molar-refractivity contribution in [1.82, 2.24) is 5.16 Å². The van der Waals surface area contributed by atoms with Crippen LogP contribution in [-0.2, 0) is 0 Å². The average molecular weight is 150 g/mol. The Morgan fingerprint density at radius 1 is 1.60 bits per heavy atom. The van der Waals surface area contributed by atoms with Gasteiger partial charge in [-0.2, -0.15) is 0 Å². The van der Waals surface area contributed by atoms with Crippen LogP contribution in [0, 0.1) is 6.07 Å². The molecule has 0 aliphatic heterocycles. The van der Waals surface area contributed by atoms with Crippen LogP contribution in [0.5, 0.6) is 0 Å². The predicted molar refractivity (Wildman–Crippen MR) is 38.7 cm³/mol. The second-order valence-corrected chi connectivity index (χ2v) is 2.69. The van der Waals surface area contributed by atoms with Crippen LogP contribution in [0.25, 0.3) is 10.6 Å². The molecule has 0 aliphatic carbocycles. The molecule has 0 amide bonds. The van der Waals surface area contributed by atoms with E-state index in [1.807, 2.05) is 17.5 Å². The normalized spacial score (nSPS) is 10.0. The molecule has 0 saturated carbocycles. The minimum atomic E-state index is 0.856. The van der Waals surface area contributed by atoms with Crippen LogP contribution in [0.1, 0.15) is 0 Å². The highest BCUT2D eigenvalue weighted by Gasteiger charge is 1.99. The van der Waals surface area contributed by atoms with E-state index in [1.165, 1.54) is 0 Å². The van der Waals surface area contributed by atoms with Crippen molar-refractivity contribution in [2.24, 2.45) is 0 Å². The first-order chi connectivity index (χ1) is 4.97. The lowest BCUT2D eigenvalue weighted by molar-refractivity contribution is 0.422. The van der Waals surface area contributed by atoms with E-state index in [0.29, 0.717) is 0 Å². The van der Waals surface area contributed by atoms with Crippen molar-refractivity contribution in [1.29, 1.82) is 0 Å². The summed E-state index contributed by atoms with van der Waals surface area (Å²) in [7, 11) is 0. The monoisotopic (exact) mass is 150 g/mol. The Morgan fingerprint density at radius 3 is 3.20 bits per heavy atom. The molecule has 0 aliphatic rings. The lowest BCUT2D eigenvalue weighted by atomic mass is 10.4. The van der Waals surface area contributed by atoms with Crippen molar-refractivity contribution in [2.45, 2.75) is 0 Å². The van der Waals surface area contributed by atoms with Crippen molar-refractivity contribution in [3.63, 3.8) is 0 Å². The van der Waals surface area contributed by atoms with Crippen LogP contribution in [0.3, 0.4) is 0 Å². The number of nitrogens with zero attached hydrogens (tertiary/aromatic N) is 1. The molecule has 3 heteroatoms. The molecule has 0 saturated heterocycles. The highest BCUT2D eigenvalue weighted by molar-refractivity contribution is 7.13. The van der Waals surface area contributed by atoms with Gasteiger partial charge in [0.1, 0.15) is 12.0 Å². The van der Waals surface area contributed by atoms with Crippen LogP contribution in [-0.4, -0.2) is 5.16 Å². The van der Waals surface area contributed by atoms with Crippen LogP contribution in [0.4, 0.5) is 0 Å². The van der Waals surface area contributed by atoms with E-state index in [9.17, 15) is 0 Å². The predicted octanol–water partition coefficient (Wildman–Crippen LogP) is 2.20. The molecule has 0 atom stereocenters. The summed E-state index contributed by atoms with van der Waals surface area (Å²) in [5, 5.41) is 5.73. The zero-order valence-corrected chi connectivity index (χ0v) is 5.89. The first-order valence-electron chi connectivity index (χ1n) is 2.83. The van der Waals surface area contributed by atoms with E-state index in [2.05, 4.69) is 15.7 Å². The van der Waals surface area contributed by atoms with Gasteiger partial charge >= 0.3 is 0 Å². The Labute approximate surface area is 62.1 Å². The van der Waals surface area contributed by atoms with Gasteiger partial charge in [0.05, 0.1) is 4.88 Å². The molecule has 0 aromatic carbocycles. The first-order valence-corrected chi connectivity index (χ1v) is 3.71. The molecule has 2 aromatic heterocycles. The average Bonchev–Trinajstić information content (AvgIpc) is 2.59. The molecule has 0 bridgehead atoms. The Hall–Kier alpha value is -1.09. The SMILES string of the molecule is [c]1ccsc1-c1ccon1. The van der Waals surface area contributed by atoms with Gasteiger partial charge in [0.25, 0.3) is 0 Å². The second-order valence-electron chi connectivity index (χ2n) is 1.78. The molecule has 10 heavy (non-hydrogen) atoms. The van der Waals surface area contributed by atoms with Crippen molar-refractivity contribution in [2.75, 3.05) is 0 Å². The summed E-state index contributed by atoms with van der Waals surface area (Å²) in [6, 6.07) is 6.73. The van der Waals surface area contributed by atoms with Gasteiger partial charge in [-0.05, 0) is 11.4 Å². The van der Waals surface area contributed by atoms with Gasteiger partial charge in [0.15, 0.2) is 0 Å². The van der Waals surface area contributed by atoms with Crippen LogP contribution in [0.15, 0.2) is 28.3 Å². The van der Waals surface area contributed by atoms with Crippen molar-refractivity contribution >= 4 is 11.3 Å². The molecule has 0 unspecified atom stereocenters. The van der Waals surface area contributed by atoms with Gasteiger partial charge < -0.3 is 4.52 Å². The summed E-state index contributed by atoms with van der Waals surface area (Å²) in [4.78, 5) is 1.02. The Balaban J connectivity index is 2.48. The Morgan fingerprint density at radius 2 is 2.60 bits per heavy atom. The van der Waals surface area contributed by atoms with Gasteiger partial charge in [-0.15, -0.1) is 11.3 Å². The standard InChI is InChI=1S/C7H4NOS/c1-2-7(10-5-1)6-3-4-9-8-6/h1,3-5H. The highest BCUT2D eigenvalue weighted by Crippen LogP contribution is 2.21. The quantitative estimate of drug-likeness (QED) is 0.622. The minimum Gasteiger partial charge on any atom is -0.364 e. The van der Waals surface area contributed by atoms with Gasteiger partial charge in [-0.25, -0.2) is 0 Å². The molecule has 0 spiro atoms. The lowest BCUT2D eigenvalue weighted by Crippen LogP contribution is -1.66. The summed E-state index contributed by atoms with van der Waals surface area (Å²) in [5.74, 6) is 0. The van der Waals surface area contributed by atoms with E-state index in [1.54, 1.807) is 17.6 Å². The topological polar surface area (TPSA) is 26.0 Å². The summed E-state index contributed by atoms with van der Waals surface area (Å²) < 4.78 is 4.67. The van der Waals surface area contributed by atoms with Gasteiger partial charge in [-0.1, -0.05) is 5.16 Å². The Bertz CT molecular complexity index is 253. The maximum absolute atomic E-state index is 4.67. The third kappa shape index (κ3) is 0.844. The lowest BCUT2D eigenvalue weighted by Gasteiger charge is -1.81. The molecule has 2 rings (SSSR count). The van der Waals surface area contributed by atoms with Gasteiger partial charge in [0, 0.05) is 12.1 Å². The number of rotatable bonds is 1. The highest BCUT2D eigenvalue weighted by atomic mass is 32.1.